The fourth-order valence-corrected chi connectivity index (χ4v) is 4.36. The van der Waals surface area contributed by atoms with Crippen LogP contribution < -0.4 is 0 Å². The molecule has 8 nitrogen and oxygen atoms in total. The number of thioether (sulfide) groups is 2. The van der Waals surface area contributed by atoms with E-state index in [2.05, 4.69) is 15.5 Å². The molecule has 0 spiro atoms. The van der Waals surface area contributed by atoms with Gasteiger partial charge in [0.1, 0.15) is 6.61 Å². The second-order valence-electron chi connectivity index (χ2n) is 6.61. The first-order valence-corrected chi connectivity index (χ1v) is 9.37. The molecule has 1 atom stereocenters. The lowest BCUT2D eigenvalue weighted by molar-refractivity contribution is -0.145. The second-order valence-corrected chi connectivity index (χ2v) is 8.84. The standard InChI is InChI=1S/C14H19N5O3S2/c1-14(2,3)9(20)6-22-12-8(24-13-15-16-17-18(13)4)7-23-11-5-10(21)19(11)12/h11H,5-7H2,1-4H3/t11-/m0/s1. The third kappa shape index (κ3) is 3.30. The molecule has 3 heterocycles. The average molecular weight is 369 g/mol. The number of Topliss-reactive ketones (excluding diaryl/α,β-unsaturated/α-hetero) is 1. The third-order valence-electron chi connectivity index (χ3n) is 3.74. The third-order valence-corrected chi connectivity index (χ3v) is 6.24. The molecule has 1 aromatic heterocycles. The van der Waals surface area contributed by atoms with Crippen molar-refractivity contribution in [2.24, 2.45) is 12.5 Å². The van der Waals surface area contributed by atoms with Crippen molar-refractivity contribution in [1.82, 2.24) is 25.1 Å². The molecule has 0 aromatic carbocycles. The number of carbonyl (C=O) groups excluding carboxylic acids is 2. The first kappa shape index (κ1) is 17.3. The van der Waals surface area contributed by atoms with Crippen molar-refractivity contribution in [1.29, 1.82) is 0 Å². The van der Waals surface area contributed by atoms with Gasteiger partial charge in [-0.3, -0.25) is 14.5 Å². The quantitative estimate of drug-likeness (QED) is 0.720. The Morgan fingerprint density at radius 3 is 2.79 bits per heavy atom. The predicted octanol–water partition coefficient (Wildman–Crippen LogP) is 1.41. The van der Waals surface area contributed by atoms with E-state index in [4.69, 9.17) is 4.74 Å². The van der Waals surface area contributed by atoms with Crippen molar-refractivity contribution < 1.29 is 14.3 Å². The molecule has 0 aliphatic carbocycles. The molecule has 3 rings (SSSR count). The summed E-state index contributed by atoms with van der Waals surface area (Å²) in [5, 5.41) is 12.1. The number of ketones is 1. The maximum atomic E-state index is 12.2. The first-order chi connectivity index (χ1) is 11.3. The average Bonchev–Trinajstić information content (AvgIpc) is 2.89. The number of tetrazole rings is 1. The maximum Gasteiger partial charge on any atom is 0.233 e. The summed E-state index contributed by atoms with van der Waals surface area (Å²) >= 11 is 3.04. The molecule has 1 aromatic rings. The van der Waals surface area contributed by atoms with Crippen LogP contribution >= 0.6 is 23.5 Å². The summed E-state index contributed by atoms with van der Waals surface area (Å²) in [5.41, 5.74) is -0.483. The Balaban J connectivity index is 1.83. The van der Waals surface area contributed by atoms with Gasteiger partial charge >= 0.3 is 0 Å². The summed E-state index contributed by atoms with van der Waals surface area (Å²) in [5.74, 6) is 1.17. The summed E-state index contributed by atoms with van der Waals surface area (Å²) in [6.07, 6.45) is 0.508. The summed E-state index contributed by atoms with van der Waals surface area (Å²) < 4.78 is 7.36. The number of β-lactam (4-membered cyclic amide) rings is 1. The van der Waals surface area contributed by atoms with Crippen LogP contribution in [-0.2, 0) is 21.4 Å². The smallest absolute Gasteiger partial charge is 0.233 e. The van der Waals surface area contributed by atoms with Crippen LogP contribution in [0.15, 0.2) is 15.9 Å². The molecule has 2 aliphatic heterocycles. The van der Waals surface area contributed by atoms with Crippen molar-refractivity contribution in [2.75, 3.05) is 12.4 Å². The summed E-state index contributed by atoms with van der Waals surface area (Å²) in [7, 11) is 1.75. The molecule has 1 fully saturated rings. The first-order valence-electron chi connectivity index (χ1n) is 7.50. The number of rotatable bonds is 5. The van der Waals surface area contributed by atoms with Crippen molar-refractivity contribution in [3.05, 3.63) is 10.8 Å². The van der Waals surface area contributed by atoms with Crippen molar-refractivity contribution in [2.45, 2.75) is 37.7 Å². The number of amides is 1. The molecule has 1 amide bonds. The predicted molar refractivity (Wildman–Crippen MR) is 89.8 cm³/mol. The number of carbonyl (C=O) groups is 2. The molecule has 0 radical (unpaired) electrons. The van der Waals surface area contributed by atoms with Crippen LogP contribution in [0.25, 0.3) is 0 Å². The zero-order valence-electron chi connectivity index (χ0n) is 14.0. The number of fused-ring (bicyclic) bond motifs is 1. The molecule has 1 saturated heterocycles. The van der Waals surface area contributed by atoms with Crippen LogP contribution in [0.2, 0.25) is 0 Å². The van der Waals surface area contributed by atoms with Gasteiger partial charge < -0.3 is 4.74 Å². The van der Waals surface area contributed by atoms with Gasteiger partial charge in [-0.15, -0.1) is 16.9 Å². The van der Waals surface area contributed by atoms with Gasteiger partial charge in [0.05, 0.1) is 16.7 Å². The minimum atomic E-state index is -0.483. The van der Waals surface area contributed by atoms with Gasteiger partial charge in [-0.25, -0.2) is 4.68 Å². The van der Waals surface area contributed by atoms with Crippen molar-refractivity contribution >= 4 is 35.2 Å². The van der Waals surface area contributed by atoms with E-state index in [0.717, 1.165) is 4.91 Å². The molecule has 2 aliphatic rings. The highest BCUT2D eigenvalue weighted by Gasteiger charge is 2.44. The van der Waals surface area contributed by atoms with Gasteiger partial charge in [-0.2, -0.15) is 0 Å². The zero-order chi connectivity index (χ0) is 17.5. The van der Waals surface area contributed by atoms with Crippen LogP contribution in [0.4, 0.5) is 0 Å². The normalized spacial score (nSPS) is 20.8. The Labute approximate surface area is 148 Å². The van der Waals surface area contributed by atoms with Crippen LogP contribution in [0.1, 0.15) is 27.2 Å². The van der Waals surface area contributed by atoms with Crippen molar-refractivity contribution in [3.63, 3.8) is 0 Å². The van der Waals surface area contributed by atoms with Crippen molar-refractivity contribution in [3.8, 4) is 0 Å². The number of aromatic nitrogens is 4. The van der Waals surface area contributed by atoms with E-state index >= 15 is 0 Å². The Bertz CT molecular complexity index is 710. The number of nitrogens with zero attached hydrogens (tertiary/aromatic N) is 5. The molecule has 10 heteroatoms. The van der Waals surface area contributed by atoms with Gasteiger partial charge in [0.15, 0.2) is 5.78 Å². The Hall–Kier alpha value is -1.55. The summed E-state index contributed by atoms with van der Waals surface area (Å²) in [4.78, 5) is 26.6. The lowest BCUT2D eigenvalue weighted by Crippen LogP contribution is -2.53. The highest BCUT2D eigenvalue weighted by molar-refractivity contribution is 8.06. The van der Waals surface area contributed by atoms with Gasteiger partial charge in [0, 0.05) is 18.2 Å². The highest BCUT2D eigenvalue weighted by Crippen LogP contribution is 2.44. The SMILES string of the molecule is Cn1nnnc1SC1=C(OCC(=O)C(C)(C)C)N2C(=O)C[C@@H]2SC1. The minimum absolute atomic E-state index is 0.0116. The zero-order valence-corrected chi connectivity index (χ0v) is 15.6. The monoisotopic (exact) mass is 369 g/mol. The molecular weight excluding hydrogens is 350 g/mol. The molecule has 0 saturated carbocycles. The van der Waals surface area contributed by atoms with Gasteiger partial charge in [0.2, 0.25) is 16.9 Å². The summed E-state index contributed by atoms with van der Waals surface area (Å²) in [6.45, 7) is 5.49. The molecule has 0 N–H and O–H groups in total. The topological polar surface area (TPSA) is 90.2 Å². The fraction of sp³-hybridized carbons (Fsp3) is 0.643. The summed E-state index contributed by atoms with van der Waals surface area (Å²) in [6, 6.07) is 0. The molecule has 130 valence electrons. The minimum Gasteiger partial charge on any atom is -0.470 e. The molecule has 0 unspecified atom stereocenters. The number of hydrogen-bond acceptors (Lipinski definition) is 8. The number of aryl methyl sites for hydroxylation is 1. The second kappa shape index (κ2) is 6.40. The molecular formula is C14H19N5O3S2. The van der Waals surface area contributed by atoms with Gasteiger partial charge in [0.25, 0.3) is 0 Å². The van der Waals surface area contributed by atoms with E-state index in [9.17, 15) is 9.59 Å². The highest BCUT2D eigenvalue weighted by atomic mass is 32.2. The molecule has 0 bridgehead atoms. The van der Waals surface area contributed by atoms with E-state index in [-0.39, 0.29) is 23.7 Å². The fourth-order valence-electron chi connectivity index (χ4n) is 2.12. The van der Waals surface area contributed by atoms with E-state index in [1.807, 2.05) is 20.8 Å². The van der Waals surface area contributed by atoms with Gasteiger partial charge in [-0.1, -0.05) is 20.8 Å². The van der Waals surface area contributed by atoms with E-state index in [0.29, 0.717) is 23.2 Å². The van der Waals surface area contributed by atoms with Crippen LogP contribution in [-0.4, -0.2) is 54.5 Å². The van der Waals surface area contributed by atoms with Crippen LogP contribution in [0, 0.1) is 5.41 Å². The lowest BCUT2D eigenvalue weighted by atomic mass is 9.91. The number of ether oxygens (including phenoxy) is 1. The maximum absolute atomic E-state index is 12.2. The van der Waals surface area contributed by atoms with Crippen LogP contribution in [0.3, 0.4) is 0 Å². The Morgan fingerprint density at radius 1 is 1.46 bits per heavy atom. The van der Waals surface area contributed by atoms with E-state index in [1.54, 1.807) is 28.4 Å². The van der Waals surface area contributed by atoms with Gasteiger partial charge in [-0.05, 0) is 22.2 Å². The largest absolute Gasteiger partial charge is 0.470 e. The lowest BCUT2D eigenvalue weighted by Gasteiger charge is -2.44. The Kier molecular flexibility index (Phi) is 4.60. The number of hydrogen-bond donors (Lipinski definition) is 0. The Morgan fingerprint density at radius 2 is 2.21 bits per heavy atom. The molecule has 24 heavy (non-hydrogen) atoms. The van der Waals surface area contributed by atoms with E-state index < -0.39 is 5.41 Å². The van der Waals surface area contributed by atoms with E-state index in [1.165, 1.54) is 11.8 Å². The van der Waals surface area contributed by atoms with Crippen LogP contribution in [0.5, 0.6) is 0 Å².